The van der Waals surface area contributed by atoms with Gasteiger partial charge >= 0.3 is 6.18 Å². The van der Waals surface area contributed by atoms with Crippen LogP contribution < -0.4 is 9.47 Å². The topological polar surface area (TPSA) is 59.1 Å². The van der Waals surface area contributed by atoms with Crippen molar-refractivity contribution in [3.05, 3.63) is 23.8 Å². The van der Waals surface area contributed by atoms with Crippen molar-refractivity contribution in [1.29, 1.82) is 0 Å². The third kappa shape index (κ3) is 4.18. The Bertz CT molecular complexity index is 753. The van der Waals surface area contributed by atoms with E-state index < -0.39 is 24.5 Å². The van der Waals surface area contributed by atoms with Crippen LogP contribution in [0.15, 0.2) is 18.2 Å². The van der Waals surface area contributed by atoms with Gasteiger partial charge in [-0.05, 0) is 31.0 Å². The first kappa shape index (κ1) is 20.3. The van der Waals surface area contributed by atoms with Gasteiger partial charge in [0.2, 0.25) is 11.8 Å². The smallest absolute Gasteiger partial charge is 0.406 e. The van der Waals surface area contributed by atoms with E-state index >= 15 is 0 Å². The number of likely N-dealkylation sites (tertiary alicyclic amines) is 2. The number of hydrogen-bond acceptors (Lipinski definition) is 4. The van der Waals surface area contributed by atoms with Crippen LogP contribution in [-0.2, 0) is 9.59 Å². The molecule has 9 heteroatoms. The van der Waals surface area contributed by atoms with Gasteiger partial charge in [0, 0.05) is 25.1 Å². The third-order valence-corrected chi connectivity index (χ3v) is 5.27. The van der Waals surface area contributed by atoms with Crippen LogP contribution in [0.5, 0.6) is 11.5 Å². The largest absolute Gasteiger partial charge is 0.497 e. The van der Waals surface area contributed by atoms with Crippen molar-refractivity contribution in [2.24, 2.45) is 5.92 Å². The fraction of sp³-hybridized carbons (Fsp3) is 0.579. The van der Waals surface area contributed by atoms with Gasteiger partial charge in [-0.15, -0.1) is 0 Å². The molecule has 2 fully saturated rings. The molecule has 2 heterocycles. The van der Waals surface area contributed by atoms with Crippen LogP contribution in [0.1, 0.15) is 30.9 Å². The quantitative estimate of drug-likeness (QED) is 0.763. The Hall–Kier alpha value is -2.45. The Morgan fingerprint density at radius 3 is 2.64 bits per heavy atom. The number of rotatable bonds is 5. The van der Waals surface area contributed by atoms with E-state index in [0.29, 0.717) is 24.5 Å². The number of benzene rings is 1. The van der Waals surface area contributed by atoms with Crippen molar-refractivity contribution < 1.29 is 32.2 Å². The van der Waals surface area contributed by atoms with Crippen LogP contribution in [-0.4, -0.2) is 61.6 Å². The molecule has 2 saturated heterocycles. The Balaban J connectivity index is 1.78. The third-order valence-electron chi connectivity index (χ3n) is 5.27. The average Bonchev–Trinajstić information content (AvgIpc) is 3.26. The SMILES string of the molecule is COc1ccc(OC)c([C@H]2CCCN2C(=O)[C@H]2CC(=O)N(CC(F)(F)F)C2)c1. The van der Waals surface area contributed by atoms with Gasteiger partial charge in [0.25, 0.3) is 0 Å². The van der Waals surface area contributed by atoms with Gasteiger partial charge in [-0.3, -0.25) is 9.59 Å². The molecule has 6 nitrogen and oxygen atoms in total. The summed E-state index contributed by atoms with van der Waals surface area (Å²) in [6.07, 6.45) is -3.18. The predicted octanol–water partition coefficient (Wildman–Crippen LogP) is 2.78. The number of ether oxygens (including phenoxy) is 2. The van der Waals surface area contributed by atoms with Crippen molar-refractivity contribution >= 4 is 11.8 Å². The number of hydrogen-bond donors (Lipinski definition) is 0. The molecule has 154 valence electrons. The van der Waals surface area contributed by atoms with Crippen molar-refractivity contribution in [3.63, 3.8) is 0 Å². The second-order valence-electron chi connectivity index (χ2n) is 7.09. The molecule has 28 heavy (non-hydrogen) atoms. The molecule has 1 aromatic rings. The first-order valence-corrected chi connectivity index (χ1v) is 9.10. The minimum atomic E-state index is -4.47. The zero-order chi connectivity index (χ0) is 20.5. The number of nitrogens with zero attached hydrogens (tertiary/aromatic N) is 2. The van der Waals surface area contributed by atoms with Gasteiger partial charge < -0.3 is 19.3 Å². The molecule has 2 atom stereocenters. The molecule has 0 spiro atoms. The van der Waals surface area contributed by atoms with Crippen LogP contribution in [0.4, 0.5) is 13.2 Å². The van der Waals surface area contributed by atoms with E-state index in [-0.39, 0.29) is 24.9 Å². The van der Waals surface area contributed by atoms with Crippen molar-refractivity contribution in [2.45, 2.75) is 31.5 Å². The molecule has 0 bridgehead atoms. The summed E-state index contributed by atoms with van der Waals surface area (Å²) in [5.41, 5.74) is 0.796. The minimum Gasteiger partial charge on any atom is -0.497 e. The molecule has 2 aliphatic rings. The maximum atomic E-state index is 13.0. The summed E-state index contributed by atoms with van der Waals surface area (Å²) < 4.78 is 48.6. The van der Waals surface area contributed by atoms with Gasteiger partial charge in [0.1, 0.15) is 18.0 Å². The standard InChI is InChI=1S/C19H23F3N2O4/c1-27-13-5-6-16(28-2)14(9-13)15-4-3-7-24(15)18(26)12-8-17(25)23(10-12)11-19(20,21)22/h5-6,9,12,15H,3-4,7-8,10-11H2,1-2H3/t12-,15+/m0/s1. The lowest BCUT2D eigenvalue weighted by molar-refractivity contribution is -0.157. The lowest BCUT2D eigenvalue weighted by Gasteiger charge is -2.29. The lowest BCUT2D eigenvalue weighted by Crippen LogP contribution is -2.39. The molecule has 0 N–H and O–H groups in total. The summed E-state index contributed by atoms with van der Waals surface area (Å²) in [5, 5.41) is 0. The number of halogens is 3. The van der Waals surface area contributed by atoms with Gasteiger partial charge in [0.15, 0.2) is 0 Å². The second kappa shape index (κ2) is 7.89. The zero-order valence-corrected chi connectivity index (χ0v) is 15.8. The molecular weight excluding hydrogens is 377 g/mol. The van der Waals surface area contributed by atoms with E-state index in [9.17, 15) is 22.8 Å². The summed E-state index contributed by atoms with van der Waals surface area (Å²) in [4.78, 5) is 27.4. The van der Waals surface area contributed by atoms with Gasteiger partial charge in [-0.2, -0.15) is 13.2 Å². The fourth-order valence-corrected chi connectivity index (χ4v) is 3.99. The fourth-order valence-electron chi connectivity index (χ4n) is 3.99. The highest BCUT2D eigenvalue weighted by Gasteiger charge is 2.43. The van der Waals surface area contributed by atoms with Gasteiger partial charge in [-0.25, -0.2) is 0 Å². The number of carbonyl (C=O) groups excluding carboxylic acids is 2. The van der Waals surface area contributed by atoms with E-state index in [1.165, 1.54) is 7.11 Å². The number of carbonyl (C=O) groups is 2. The average molecular weight is 400 g/mol. The Morgan fingerprint density at radius 2 is 2.00 bits per heavy atom. The van der Waals surface area contributed by atoms with Crippen molar-refractivity contribution in [2.75, 3.05) is 33.9 Å². The summed E-state index contributed by atoms with van der Waals surface area (Å²) in [7, 11) is 3.08. The molecule has 2 amide bonds. The first-order chi connectivity index (χ1) is 13.2. The Labute approximate surface area is 161 Å². The van der Waals surface area contributed by atoms with Crippen LogP contribution in [0.2, 0.25) is 0 Å². The highest BCUT2D eigenvalue weighted by atomic mass is 19.4. The van der Waals surface area contributed by atoms with Crippen LogP contribution in [0.3, 0.4) is 0 Å². The maximum Gasteiger partial charge on any atom is 0.406 e. The summed E-state index contributed by atoms with van der Waals surface area (Å²) in [6, 6.07) is 5.07. The zero-order valence-electron chi connectivity index (χ0n) is 15.8. The molecule has 0 unspecified atom stereocenters. The van der Waals surface area contributed by atoms with E-state index in [1.54, 1.807) is 24.1 Å². The number of alkyl halides is 3. The molecular formula is C19H23F3N2O4. The van der Waals surface area contributed by atoms with Crippen molar-refractivity contribution in [1.82, 2.24) is 9.80 Å². The predicted molar refractivity (Wildman–Crippen MR) is 94.0 cm³/mol. The molecule has 2 aliphatic heterocycles. The molecule has 0 aliphatic carbocycles. The molecule has 0 saturated carbocycles. The van der Waals surface area contributed by atoms with E-state index in [4.69, 9.17) is 9.47 Å². The van der Waals surface area contributed by atoms with Gasteiger partial charge in [-0.1, -0.05) is 0 Å². The van der Waals surface area contributed by atoms with Crippen LogP contribution >= 0.6 is 0 Å². The van der Waals surface area contributed by atoms with E-state index in [0.717, 1.165) is 16.9 Å². The monoisotopic (exact) mass is 400 g/mol. The summed E-state index contributed by atoms with van der Waals surface area (Å²) in [6.45, 7) is -1.02. The Kier molecular flexibility index (Phi) is 5.71. The Morgan fingerprint density at radius 1 is 1.25 bits per heavy atom. The first-order valence-electron chi connectivity index (χ1n) is 9.10. The maximum absolute atomic E-state index is 13.0. The van der Waals surface area contributed by atoms with Gasteiger partial charge in [0.05, 0.1) is 26.2 Å². The molecule has 3 rings (SSSR count). The second-order valence-corrected chi connectivity index (χ2v) is 7.09. The van der Waals surface area contributed by atoms with Crippen molar-refractivity contribution in [3.8, 4) is 11.5 Å². The number of methoxy groups -OCH3 is 2. The molecule has 0 radical (unpaired) electrons. The summed E-state index contributed by atoms with van der Waals surface area (Å²) in [5.74, 6) is -0.433. The van der Waals surface area contributed by atoms with E-state index in [2.05, 4.69) is 0 Å². The van der Waals surface area contributed by atoms with E-state index in [1.807, 2.05) is 6.07 Å². The van der Waals surface area contributed by atoms with Crippen LogP contribution in [0, 0.1) is 5.92 Å². The molecule has 0 aromatic heterocycles. The molecule has 1 aromatic carbocycles. The highest BCUT2D eigenvalue weighted by Crippen LogP contribution is 2.40. The minimum absolute atomic E-state index is 0.187. The number of amides is 2. The summed E-state index contributed by atoms with van der Waals surface area (Å²) >= 11 is 0. The highest BCUT2D eigenvalue weighted by molar-refractivity contribution is 5.89. The van der Waals surface area contributed by atoms with Crippen LogP contribution in [0.25, 0.3) is 0 Å². The normalized spacial score (nSPS) is 22.7. The lowest BCUT2D eigenvalue weighted by atomic mass is 10.0.